The molecule has 2 aromatic rings. The minimum absolute atomic E-state index is 0.467. The molecule has 0 radical (unpaired) electrons. The summed E-state index contributed by atoms with van der Waals surface area (Å²) in [5, 5.41) is 11.9. The number of nitrogens with zero attached hydrogens (tertiary/aromatic N) is 2. The molecular weight excluding hydrogens is 230 g/mol. The van der Waals surface area contributed by atoms with Crippen LogP contribution in [-0.2, 0) is 13.0 Å². The highest BCUT2D eigenvalue weighted by molar-refractivity contribution is 7.09. The third-order valence-corrected chi connectivity index (χ3v) is 3.47. The van der Waals surface area contributed by atoms with Crippen molar-refractivity contribution in [2.75, 3.05) is 5.32 Å². The fourth-order valence-electron chi connectivity index (χ4n) is 1.51. The van der Waals surface area contributed by atoms with E-state index in [1.165, 1.54) is 4.88 Å². The number of hydrogen-bond donors (Lipinski definition) is 1. The van der Waals surface area contributed by atoms with Crippen molar-refractivity contribution < 1.29 is 0 Å². The summed E-state index contributed by atoms with van der Waals surface area (Å²) in [6.45, 7) is 2.82. The van der Waals surface area contributed by atoms with Crippen molar-refractivity contribution >= 4 is 17.0 Å². The Hall–Kier alpha value is -1.86. The summed E-state index contributed by atoms with van der Waals surface area (Å²) < 4.78 is 0. The Kier molecular flexibility index (Phi) is 3.73. The highest BCUT2D eigenvalue weighted by atomic mass is 32.1. The van der Waals surface area contributed by atoms with Crippen LogP contribution in [0, 0.1) is 18.3 Å². The lowest BCUT2D eigenvalue weighted by Gasteiger charge is -2.05. The molecule has 0 saturated carbocycles. The minimum atomic E-state index is 0.467. The molecule has 2 rings (SSSR count). The van der Waals surface area contributed by atoms with Crippen molar-refractivity contribution in [2.24, 2.45) is 0 Å². The number of nitrogens with one attached hydrogen (secondary N) is 1. The van der Waals surface area contributed by atoms with Crippen LogP contribution in [0.4, 0.5) is 5.69 Å². The number of thiazole rings is 1. The predicted molar refractivity (Wildman–Crippen MR) is 69.9 cm³/mol. The van der Waals surface area contributed by atoms with Gasteiger partial charge < -0.3 is 5.32 Å². The molecule has 0 aliphatic rings. The molecule has 1 aromatic carbocycles. The van der Waals surface area contributed by atoms with Gasteiger partial charge in [0.15, 0.2) is 0 Å². The molecule has 17 heavy (non-hydrogen) atoms. The summed E-state index contributed by atoms with van der Waals surface area (Å²) >= 11 is 1.66. The monoisotopic (exact) mass is 243 g/mol. The summed E-state index contributed by atoms with van der Waals surface area (Å²) in [7, 11) is 0. The van der Waals surface area contributed by atoms with Crippen LogP contribution in [0.1, 0.15) is 16.1 Å². The Bertz CT molecular complexity index is 522. The van der Waals surface area contributed by atoms with Gasteiger partial charge in [-0.15, -0.1) is 11.3 Å². The van der Waals surface area contributed by atoms with E-state index in [4.69, 9.17) is 5.26 Å². The standard InChI is InChI=1S/C13H13N3S/c1-10-13(17-9-16-10)8-15-12-4-2-11(3-5-12)6-7-14/h2-5,9,15H,6,8H2,1H3. The van der Waals surface area contributed by atoms with Gasteiger partial charge in [0.05, 0.1) is 30.2 Å². The molecule has 1 N–H and O–H groups in total. The highest BCUT2D eigenvalue weighted by Gasteiger charge is 2.00. The van der Waals surface area contributed by atoms with Crippen molar-refractivity contribution in [3.63, 3.8) is 0 Å². The van der Waals surface area contributed by atoms with E-state index in [2.05, 4.69) is 16.4 Å². The highest BCUT2D eigenvalue weighted by Crippen LogP contribution is 2.15. The van der Waals surface area contributed by atoms with Crippen LogP contribution in [0.15, 0.2) is 29.8 Å². The zero-order valence-corrected chi connectivity index (χ0v) is 10.4. The summed E-state index contributed by atoms with van der Waals surface area (Å²) in [5.74, 6) is 0. The largest absolute Gasteiger partial charge is 0.380 e. The lowest BCUT2D eigenvalue weighted by Crippen LogP contribution is -1.99. The predicted octanol–water partition coefficient (Wildman–Crippen LogP) is 3.13. The summed E-state index contributed by atoms with van der Waals surface area (Å²) in [5.41, 5.74) is 5.07. The van der Waals surface area contributed by atoms with Crippen LogP contribution in [0.3, 0.4) is 0 Å². The number of benzene rings is 1. The van der Waals surface area contributed by atoms with Crippen LogP contribution in [-0.4, -0.2) is 4.98 Å². The van der Waals surface area contributed by atoms with Crippen molar-refractivity contribution in [3.05, 3.63) is 45.9 Å². The number of aryl methyl sites for hydroxylation is 1. The first-order chi connectivity index (χ1) is 8.29. The molecular formula is C13H13N3S. The first kappa shape index (κ1) is 11.6. The fraction of sp³-hybridized carbons (Fsp3) is 0.231. The van der Waals surface area contributed by atoms with Crippen molar-refractivity contribution in [1.29, 1.82) is 5.26 Å². The van der Waals surface area contributed by atoms with Crippen molar-refractivity contribution in [3.8, 4) is 6.07 Å². The second kappa shape index (κ2) is 5.46. The maximum atomic E-state index is 8.58. The van der Waals surface area contributed by atoms with E-state index in [-0.39, 0.29) is 0 Å². The molecule has 0 atom stereocenters. The smallest absolute Gasteiger partial charge is 0.0798 e. The van der Waals surface area contributed by atoms with Crippen LogP contribution >= 0.6 is 11.3 Å². The van der Waals surface area contributed by atoms with Gasteiger partial charge in [0, 0.05) is 10.6 Å². The van der Waals surface area contributed by atoms with Gasteiger partial charge in [0.1, 0.15) is 0 Å². The molecule has 86 valence electrons. The van der Waals surface area contributed by atoms with E-state index >= 15 is 0 Å². The number of rotatable bonds is 4. The molecule has 0 bridgehead atoms. The first-order valence-electron chi connectivity index (χ1n) is 5.38. The first-order valence-corrected chi connectivity index (χ1v) is 6.26. The maximum Gasteiger partial charge on any atom is 0.0798 e. The van der Waals surface area contributed by atoms with Crippen LogP contribution in [0.2, 0.25) is 0 Å². The summed E-state index contributed by atoms with van der Waals surface area (Å²) in [4.78, 5) is 5.47. The average Bonchev–Trinajstić information content (AvgIpc) is 2.75. The second-order valence-electron chi connectivity index (χ2n) is 3.75. The van der Waals surface area contributed by atoms with E-state index in [0.29, 0.717) is 6.42 Å². The minimum Gasteiger partial charge on any atom is -0.380 e. The quantitative estimate of drug-likeness (QED) is 0.897. The Labute approximate surface area is 105 Å². The van der Waals surface area contributed by atoms with Crippen molar-refractivity contribution in [1.82, 2.24) is 4.98 Å². The Balaban J connectivity index is 1.96. The zero-order valence-electron chi connectivity index (χ0n) is 9.60. The third kappa shape index (κ3) is 3.05. The second-order valence-corrected chi connectivity index (χ2v) is 4.69. The molecule has 1 heterocycles. The fourth-order valence-corrected chi connectivity index (χ4v) is 2.23. The van der Waals surface area contributed by atoms with Gasteiger partial charge in [0.25, 0.3) is 0 Å². The zero-order chi connectivity index (χ0) is 12.1. The van der Waals surface area contributed by atoms with Gasteiger partial charge in [-0.25, -0.2) is 4.98 Å². The van der Waals surface area contributed by atoms with Crippen LogP contribution < -0.4 is 5.32 Å². The molecule has 0 aliphatic heterocycles. The number of hydrogen-bond acceptors (Lipinski definition) is 4. The van der Waals surface area contributed by atoms with E-state index in [0.717, 1.165) is 23.5 Å². The molecule has 4 heteroatoms. The van der Waals surface area contributed by atoms with Crippen LogP contribution in [0.5, 0.6) is 0 Å². The van der Waals surface area contributed by atoms with Gasteiger partial charge in [-0.1, -0.05) is 12.1 Å². The molecule has 0 aliphatic carbocycles. The van der Waals surface area contributed by atoms with E-state index in [9.17, 15) is 0 Å². The number of aromatic nitrogens is 1. The molecule has 0 saturated heterocycles. The van der Waals surface area contributed by atoms with Gasteiger partial charge in [-0.3, -0.25) is 0 Å². The normalized spacial score (nSPS) is 9.88. The number of nitriles is 1. The van der Waals surface area contributed by atoms with E-state index in [1.807, 2.05) is 36.7 Å². The Morgan fingerprint density at radius 3 is 2.71 bits per heavy atom. The molecule has 0 unspecified atom stereocenters. The van der Waals surface area contributed by atoms with E-state index < -0.39 is 0 Å². The molecule has 0 amide bonds. The molecule has 3 nitrogen and oxygen atoms in total. The number of anilines is 1. The molecule has 1 aromatic heterocycles. The Morgan fingerprint density at radius 2 is 2.12 bits per heavy atom. The van der Waals surface area contributed by atoms with Gasteiger partial charge in [0.2, 0.25) is 0 Å². The maximum absolute atomic E-state index is 8.58. The van der Waals surface area contributed by atoms with Crippen LogP contribution in [0.25, 0.3) is 0 Å². The molecule has 0 fully saturated rings. The lowest BCUT2D eigenvalue weighted by atomic mass is 10.1. The van der Waals surface area contributed by atoms with Crippen molar-refractivity contribution in [2.45, 2.75) is 19.9 Å². The molecule has 0 spiro atoms. The van der Waals surface area contributed by atoms with E-state index in [1.54, 1.807) is 11.3 Å². The SMILES string of the molecule is Cc1ncsc1CNc1ccc(CC#N)cc1. The van der Waals surface area contributed by atoms with Gasteiger partial charge in [-0.2, -0.15) is 5.26 Å². The summed E-state index contributed by atoms with van der Waals surface area (Å²) in [6, 6.07) is 10.1. The lowest BCUT2D eigenvalue weighted by molar-refractivity contribution is 1.12. The topological polar surface area (TPSA) is 48.7 Å². The van der Waals surface area contributed by atoms with Gasteiger partial charge in [-0.05, 0) is 24.6 Å². The third-order valence-electron chi connectivity index (χ3n) is 2.54. The Morgan fingerprint density at radius 1 is 1.35 bits per heavy atom. The average molecular weight is 243 g/mol. The summed E-state index contributed by atoms with van der Waals surface area (Å²) in [6.07, 6.45) is 0.467. The van der Waals surface area contributed by atoms with Gasteiger partial charge >= 0.3 is 0 Å².